The van der Waals surface area contributed by atoms with Gasteiger partial charge in [0.1, 0.15) is 5.82 Å². The van der Waals surface area contributed by atoms with Gasteiger partial charge in [-0.15, -0.1) is 12.4 Å². The molecule has 2 aromatic rings. The van der Waals surface area contributed by atoms with Crippen LogP contribution in [-0.2, 0) is 11.3 Å². The van der Waals surface area contributed by atoms with Crippen LogP contribution in [0.4, 0.5) is 14.5 Å². The molecular formula is C19H23ClF2N2O2. The van der Waals surface area contributed by atoms with Gasteiger partial charge in [-0.25, -0.2) is 8.78 Å². The third-order valence-electron chi connectivity index (χ3n) is 3.56. The van der Waals surface area contributed by atoms with E-state index in [-0.39, 0.29) is 37.1 Å². The van der Waals surface area contributed by atoms with Crippen molar-refractivity contribution >= 4 is 24.0 Å². The fourth-order valence-corrected chi connectivity index (χ4v) is 2.28. The molecule has 2 rings (SSSR count). The van der Waals surface area contributed by atoms with E-state index in [0.717, 1.165) is 29.9 Å². The second-order valence-corrected chi connectivity index (χ2v) is 5.51. The van der Waals surface area contributed by atoms with Crippen LogP contribution in [0.1, 0.15) is 25.3 Å². The maximum Gasteiger partial charge on any atom is 0.224 e. The molecule has 0 aliphatic carbocycles. The van der Waals surface area contributed by atoms with Crippen LogP contribution in [-0.4, -0.2) is 19.1 Å². The first-order valence-corrected chi connectivity index (χ1v) is 8.26. The molecule has 1 amide bonds. The lowest BCUT2D eigenvalue weighted by Gasteiger charge is -2.11. The van der Waals surface area contributed by atoms with Crippen molar-refractivity contribution in [3.8, 4) is 5.75 Å². The van der Waals surface area contributed by atoms with Crippen LogP contribution < -0.4 is 15.4 Å². The Hall–Kier alpha value is -2.18. The highest BCUT2D eigenvalue weighted by atomic mass is 35.5. The lowest BCUT2D eigenvalue weighted by Crippen LogP contribution is -2.17. The third kappa shape index (κ3) is 6.98. The van der Waals surface area contributed by atoms with Crippen molar-refractivity contribution in [2.75, 3.05) is 18.5 Å². The second-order valence-electron chi connectivity index (χ2n) is 5.51. The Kier molecular flexibility index (Phi) is 9.62. The van der Waals surface area contributed by atoms with Gasteiger partial charge < -0.3 is 15.4 Å². The molecule has 2 aromatic carbocycles. The van der Waals surface area contributed by atoms with Crippen LogP contribution in [0, 0.1) is 11.6 Å². The molecule has 0 fully saturated rings. The van der Waals surface area contributed by atoms with E-state index in [1.54, 1.807) is 0 Å². The largest absolute Gasteiger partial charge is 0.491 e. The van der Waals surface area contributed by atoms with E-state index in [1.807, 2.05) is 31.2 Å². The van der Waals surface area contributed by atoms with Gasteiger partial charge in [0.05, 0.1) is 6.61 Å². The monoisotopic (exact) mass is 384 g/mol. The highest BCUT2D eigenvalue weighted by molar-refractivity contribution is 5.91. The molecule has 142 valence electrons. The van der Waals surface area contributed by atoms with Gasteiger partial charge in [0, 0.05) is 24.7 Å². The molecule has 0 aliphatic heterocycles. The molecular weight excluding hydrogens is 362 g/mol. The molecule has 4 nitrogen and oxygen atoms in total. The van der Waals surface area contributed by atoms with E-state index in [2.05, 4.69) is 10.6 Å². The van der Waals surface area contributed by atoms with Crippen molar-refractivity contribution < 1.29 is 18.3 Å². The SMILES string of the molecule is CCNCc1ccccc1NC(=O)CCCOc1ccc(F)cc1F.Cl. The topological polar surface area (TPSA) is 50.4 Å². The summed E-state index contributed by atoms with van der Waals surface area (Å²) in [7, 11) is 0. The first kappa shape index (κ1) is 21.9. The van der Waals surface area contributed by atoms with Crippen molar-refractivity contribution in [3.05, 3.63) is 59.7 Å². The Labute approximate surface area is 158 Å². The predicted molar refractivity (Wildman–Crippen MR) is 101 cm³/mol. The van der Waals surface area contributed by atoms with E-state index in [1.165, 1.54) is 6.07 Å². The summed E-state index contributed by atoms with van der Waals surface area (Å²) in [5.41, 5.74) is 1.79. The predicted octanol–water partition coefficient (Wildman–Crippen LogP) is 4.29. The van der Waals surface area contributed by atoms with Crippen molar-refractivity contribution in [1.29, 1.82) is 0 Å². The molecule has 0 aromatic heterocycles. The Morgan fingerprint density at radius 3 is 2.65 bits per heavy atom. The van der Waals surface area contributed by atoms with Gasteiger partial charge >= 0.3 is 0 Å². The molecule has 0 radical (unpaired) electrons. The van der Waals surface area contributed by atoms with Gasteiger partial charge in [-0.1, -0.05) is 25.1 Å². The molecule has 0 unspecified atom stereocenters. The number of carbonyl (C=O) groups excluding carboxylic acids is 1. The minimum absolute atomic E-state index is 0. The van der Waals surface area contributed by atoms with Crippen LogP contribution >= 0.6 is 12.4 Å². The van der Waals surface area contributed by atoms with Crippen LogP contribution in [0.25, 0.3) is 0 Å². The van der Waals surface area contributed by atoms with E-state index in [0.29, 0.717) is 13.0 Å². The number of benzene rings is 2. The van der Waals surface area contributed by atoms with E-state index < -0.39 is 11.6 Å². The molecule has 0 spiro atoms. The summed E-state index contributed by atoms with van der Waals surface area (Å²) in [6, 6.07) is 10.7. The zero-order valence-corrected chi connectivity index (χ0v) is 15.4. The third-order valence-corrected chi connectivity index (χ3v) is 3.56. The number of hydrogen-bond donors (Lipinski definition) is 2. The minimum atomic E-state index is -0.748. The molecule has 2 N–H and O–H groups in total. The average molecular weight is 385 g/mol. The first-order chi connectivity index (χ1) is 12.1. The summed E-state index contributed by atoms with van der Waals surface area (Å²) in [6.45, 7) is 3.72. The number of halogens is 3. The Morgan fingerprint density at radius 1 is 1.15 bits per heavy atom. The van der Waals surface area contributed by atoms with Crippen molar-refractivity contribution in [2.45, 2.75) is 26.3 Å². The molecule has 26 heavy (non-hydrogen) atoms. The van der Waals surface area contributed by atoms with Gasteiger partial charge in [-0.3, -0.25) is 4.79 Å². The Morgan fingerprint density at radius 2 is 1.92 bits per heavy atom. The summed E-state index contributed by atoms with van der Waals surface area (Å²) in [5.74, 6) is -1.55. The Balaban J connectivity index is 0.00000338. The highest BCUT2D eigenvalue weighted by Gasteiger charge is 2.08. The number of nitrogens with one attached hydrogen (secondary N) is 2. The fourth-order valence-electron chi connectivity index (χ4n) is 2.28. The van der Waals surface area contributed by atoms with Crippen LogP contribution in [0.3, 0.4) is 0 Å². The zero-order valence-electron chi connectivity index (χ0n) is 14.6. The van der Waals surface area contributed by atoms with Gasteiger partial charge in [-0.05, 0) is 36.7 Å². The quantitative estimate of drug-likeness (QED) is 0.634. The number of rotatable bonds is 9. The lowest BCUT2D eigenvalue weighted by molar-refractivity contribution is -0.116. The van der Waals surface area contributed by atoms with Crippen molar-refractivity contribution in [2.24, 2.45) is 0 Å². The van der Waals surface area contributed by atoms with Gasteiger partial charge in [0.2, 0.25) is 5.91 Å². The molecule has 0 atom stereocenters. The molecule has 0 bridgehead atoms. The lowest BCUT2D eigenvalue weighted by atomic mass is 10.1. The zero-order chi connectivity index (χ0) is 18.1. The minimum Gasteiger partial charge on any atom is -0.491 e. The summed E-state index contributed by atoms with van der Waals surface area (Å²) >= 11 is 0. The maximum atomic E-state index is 13.4. The summed E-state index contributed by atoms with van der Waals surface area (Å²) in [4.78, 5) is 12.1. The number of ether oxygens (including phenoxy) is 1. The van der Waals surface area contributed by atoms with Crippen molar-refractivity contribution in [3.63, 3.8) is 0 Å². The van der Waals surface area contributed by atoms with Gasteiger partial charge in [0.25, 0.3) is 0 Å². The van der Waals surface area contributed by atoms with Crippen LogP contribution in [0.2, 0.25) is 0 Å². The van der Waals surface area contributed by atoms with Gasteiger partial charge in [-0.2, -0.15) is 0 Å². The smallest absolute Gasteiger partial charge is 0.224 e. The summed E-state index contributed by atoms with van der Waals surface area (Å²) < 4.78 is 31.5. The molecule has 0 heterocycles. The number of anilines is 1. The highest BCUT2D eigenvalue weighted by Crippen LogP contribution is 2.18. The molecule has 0 saturated heterocycles. The van der Waals surface area contributed by atoms with E-state index in [4.69, 9.17) is 4.74 Å². The number of para-hydroxylation sites is 1. The van der Waals surface area contributed by atoms with Crippen LogP contribution in [0.15, 0.2) is 42.5 Å². The average Bonchev–Trinajstić information content (AvgIpc) is 2.59. The van der Waals surface area contributed by atoms with E-state index in [9.17, 15) is 13.6 Å². The molecule has 7 heteroatoms. The molecule has 0 saturated carbocycles. The second kappa shape index (κ2) is 11.4. The number of hydrogen-bond acceptors (Lipinski definition) is 3. The van der Waals surface area contributed by atoms with Crippen LogP contribution in [0.5, 0.6) is 5.75 Å². The normalized spacial score (nSPS) is 10.1. The Bertz CT molecular complexity index is 714. The van der Waals surface area contributed by atoms with Crippen molar-refractivity contribution in [1.82, 2.24) is 5.32 Å². The van der Waals surface area contributed by atoms with E-state index >= 15 is 0 Å². The van der Waals surface area contributed by atoms with Gasteiger partial charge in [0.15, 0.2) is 11.6 Å². The standard InChI is InChI=1S/C19H22F2N2O2.ClH/c1-2-22-13-14-6-3-4-7-17(14)23-19(24)8-5-11-25-18-10-9-15(20)12-16(18)21;/h3-4,6-7,9-10,12,22H,2,5,8,11,13H2,1H3,(H,23,24);1H. The summed E-state index contributed by atoms with van der Waals surface area (Å²) in [6.07, 6.45) is 0.677. The molecule has 0 aliphatic rings. The maximum absolute atomic E-state index is 13.4. The fraction of sp³-hybridized carbons (Fsp3) is 0.316. The summed E-state index contributed by atoms with van der Waals surface area (Å²) in [5, 5.41) is 6.10. The number of carbonyl (C=O) groups is 1. The first-order valence-electron chi connectivity index (χ1n) is 8.26. The number of amides is 1.